The molecule has 7 heteroatoms. The zero-order chi connectivity index (χ0) is 24.2. The van der Waals surface area contributed by atoms with Crippen LogP contribution < -0.4 is 10.2 Å². The number of carbonyl (C=O) groups is 2. The number of rotatable bonds is 5. The number of benzene rings is 3. The molecule has 0 radical (unpaired) electrons. The summed E-state index contributed by atoms with van der Waals surface area (Å²) in [5, 5.41) is 12.6. The van der Waals surface area contributed by atoms with Gasteiger partial charge in [0.2, 0.25) is 5.91 Å². The summed E-state index contributed by atoms with van der Waals surface area (Å²) >= 11 is 4.63. The van der Waals surface area contributed by atoms with Crippen molar-refractivity contribution < 1.29 is 9.59 Å². The number of carbonyl (C=O) groups excluding carboxylic acids is 2. The Bertz CT molecular complexity index is 1290. The number of anilines is 2. The Morgan fingerprint density at radius 3 is 2.18 bits per heavy atom. The molecule has 3 aromatic rings. The summed E-state index contributed by atoms with van der Waals surface area (Å²) < 4.78 is 0.880. The lowest BCUT2D eigenvalue weighted by molar-refractivity contribution is -0.117. The first kappa shape index (κ1) is 23.8. The lowest BCUT2D eigenvalue weighted by Gasteiger charge is -2.19. The Labute approximate surface area is 211 Å². The Kier molecular flexibility index (Phi) is 7.20. The molecule has 1 aliphatic heterocycles. The average Bonchev–Trinajstić information content (AvgIpc) is 3.13. The van der Waals surface area contributed by atoms with Gasteiger partial charge in [-0.3, -0.25) is 14.5 Å². The zero-order valence-corrected chi connectivity index (χ0v) is 21.1. The van der Waals surface area contributed by atoms with Crippen LogP contribution in [0.25, 0.3) is 0 Å². The van der Waals surface area contributed by atoms with Crippen LogP contribution in [-0.4, -0.2) is 17.1 Å². The summed E-state index contributed by atoms with van der Waals surface area (Å²) in [6.45, 7) is 3.98. The van der Waals surface area contributed by atoms with E-state index in [2.05, 4.69) is 21.2 Å². The van der Waals surface area contributed by atoms with E-state index in [-0.39, 0.29) is 11.5 Å². The standard InChI is InChI=1S/C27H22BrN3O2S/c1-17-3-7-19(8-4-17)15-24-26(33)31(22-13-5-18(2)6-14-22)27(34-24)23(16-29)25(32)30-21-11-9-20(28)10-12-21/h3-14,24H,15H2,1-2H3,(H,30,32). The van der Waals surface area contributed by atoms with Crippen molar-refractivity contribution in [2.75, 3.05) is 10.2 Å². The van der Waals surface area contributed by atoms with Crippen molar-refractivity contribution >= 4 is 50.9 Å². The maximum atomic E-state index is 13.5. The number of aryl methyl sites for hydroxylation is 2. The van der Waals surface area contributed by atoms with Crippen molar-refractivity contribution in [1.82, 2.24) is 0 Å². The van der Waals surface area contributed by atoms with Gasteiger partial charge in [0.15, 0.2) is 0 Å². The smallest absolute Gasteiger partial charge is 0.269 e. The molecule has 1 atom stereocenters. The summed E-state index contributed by atoms with van der Waals surface area (Å²) in [6, 6.07) is 24.7. The zero-order valence-electron chi connectivity index (χ0n) is 18.7. The monoisotopic (exact) mass is 531 g/mol. The van der Waals surface area contributed by atoms with E-state index >= 15 is 0 Å². The van der Waals surface area contributed by atoms with Crippen LogP contribution in [0.3, 0.4) is 0 Å². The van der Waals surface area contributed by atoms with E-state index in [1.54, 1.807) is 24.3 Å². The van der Waals surface area contributed by atoms with Crippen LogP contribution in [-0.2, 0) is 16.0 Å². The van der Waals surface area contributed by atoms with Crippen molar-refractivity contribution in [1.29, 1.82) is 5.26 Å². The summed E-state index contributed by atoms with van der Waals surface area (Å²) in [7, 11) is 0. The molecule has 1 fully saturated rings. The van der Waals surface area contributed by atoms with Crippen molar-refractivity contribution in [3.05, 3.63) is 105 Å². The van der Waals surface area contributed by atoms with Crippen LogP contribution >= 0.6 is 27.7 Å². The molecule has 4 rings (SSSR count). The largest absolute Gasteiger partial charge is 0.321 e. The highest BCUT2D eigenvalue weighted by Crippen LogP contribution is 2.42. The van der Waals surface area contributed by atoms with Crippen LogP contribution in [0.2, 0.25) is 0 Å². The molecular weight excluding hydrogens is 510 g/mol. The number of thioether (sulfide) groups is 1. The summed E-state index contributed by atoms with van der Waals surface area (Å²) in [4.78, 5) is 28.1. The third-order valence-electron chi connectivity index (χ3n) is 5.44. The molecule has 170 valence electrons. The molecule has 1 unspecified atom stereocenters. The molecule has 1 heterocycles. The molecule has 2 amide bonds. The Balaban J connectivity index is 1.71. The van der Waals surface area contributed by atoms with Gasteiger partial charge < -0.3 is 5.32 Å². The van der Waals surface area contributed by atoms with E-state index in [0.29, 0.717) is 22.8 Å². The first-order valence-corrected chi connectivity index (χ1v) is 12.4. The van der Waals surface area contributed by atoms with E-state index in [4.69, 9.17) is 0 Å². The van der Waals surface area contributed by atoms with Crippen LogP contribution in [0, 0.1) is 25.2 Å². The van der Waals surface area contributed by atoms with Gasteiger partial charge in [-0.25, -0.2) is 0 Å². The van der Waals surface area contributed by atoms with E-state index in [1.165, 1.54) is 16.7 Å². The summed E-state index contributed by atoms with van der Waals surface area (Å²) in [5.41, 5.74) is 4.33. The van der Waals surface area contributed by atoms with Crippen LogP contribution in [0.5, 0.6) is 0 Å². The molecular formula is C27H22BrN3O2S. The number of nitriles is 1. The van der Waals surface area contributed by atoms with Gasteiger partial charge in [0.05, 0.1) is 5.25 Å². The van der Waals surface area contributed by atoms with Gasteiger partial charge in [0, 0.05) is 15.8 Å². The van der Waals surface area contributed by atoms with Crippen molar-refractivity contribution in [3.8, 4) is 6.07 Å². The lowest BCUT2D eigenvalue weighted by atomic mass is 10.1. The minimum Gasteiger partial charge on any atom is -0.321 e. The van der Waals surface area contributed by atoms with Gasteiger partial charge in [-0.2, -0.15) is 5.26 Å². The van der Waals surface area contributed by atoms with E-state index < -0.39 is 11.2 Å². The van der Waals surface area contributed by atoms with Crippen LogP contribution in [0.4, 0.5) is 11.4 Å². The topological polar surface area (TPSA) is 73.2 Å². The molecule has 0 spiro atoms. The number of nitrogens with one attached hydrogen (secondary N) is 1. The maximum absolute atomic E-state index is 13.5. The molecule has 0 aromatic heterocycles. The lowest BCUT2D eigenvalue weighted by Crippen LogP contribution is -2.30. The van der Waals surface area contributed by atoms with E-state index in [1.807, 2.05) is 68.4 Å². The van der Waals surface area contributed by atoms with Gasteiger partial charge in [-0.1, -0.05) is 75.2 Å². The molecule has 5 nitrogen and oxygen atoms in total. The predicted molar refractivity (Wildman–Crippen MR) is 140 cm³/mol. The highest BCUT2D eigenvalue weighted by atomic mass is 79.9. The molecule has 1 N–H and O–H groups in total. The highest BCUT2D eigenvalue weighted by Gasteiger charge is 2.40. The highest BCUT2D eigenvalue weighted by molar-refractivity contribution is 9.10. The van der Waals surface area contributed by atoms with Crippen molar-refractivity contribution in [2.45, 2.75) is 25.5 Å². The fourth-order valence-electron chi connectivity index (χ4n) is 3.58. The first-order valence-electron chi connectivity index (χ1n) is 10.7. The fraction of sp³-hybridized carbons (Fsp3) is 0.148. The number of hydrogen-bond acceptors (Lipinski definition) is 4. The molecule has 0 bridgehead atoms. The Hall–Kier alpha value is -3.34. The first-order chi connectivity index (χ1) is 16.4. The van der Waals surface area contributed by atoms with Gasteiger partial charge in [-0.15, -0.1) is 0 Å². The Morgan fingerprint density at radius 1 is 1.00 bits per heavy atom. The number of amides is 2. The predicted octanol–water partition coefficient (Wildman–Crippen LogP) is 6.13. The summed E-state index contributed by atoms with van der Waals surface area (Å²) in [5.74, 6) is -0.693. The Morgan fingerprint density at radius 2 is 1.59 bits per heavy atom. The van der Waals surface area contributed by atoms with Gasteiger partial charge in [0.25, 0.3) is 5.91 Å². The number of nitrogens with zero attached hydrogens (tertiary/aromatic N) is 2. The number of halogens is 1. The molecule has 34 heavy (non-hydrogen) atoms. The summed E-state index contributed by atoms with van der Waals surface area (Å²) in [6.07, 6.45) is 0.503. The van der Waals surface area contributed by atoms with Gasteiger partial charge in [0.1, 0.15) is 16.7 Å². The normalized spacial score (nSPS) is 16.8. The fourth-order valence-corrected chi connectivity index (χ4v) is 5.15. The quantitative estimate of drug-likeness (QED) is 0.317. The number of hydrogen-bond donors (Lipinski definition) is 1. The van der Waals surface area contributed by atoms with Crippen LogP contribution in [0.1, 0.15) is 16.7 Å². The van der Waals surface area contributed by atoms with Crippen molar-refractivity contribution in [3.63, 3.8) is 0 Å². The molecule has 0 saturated carbocycles. The SMILES string of the molecule is Cc1ccc(CC2SC(=C(C#N)C(=O)Nc3ccc(Br)cc3)N(c3ccc(C)cc3)C2=O)cc1. The molecule has 1 saturated heterocycles. The third-order valence-corrected chi connectivity index (χ3v) is 7.23. The second kappa shape index (κ2) is 10.3. The van der Waals surface area contributed by atoms with Gasteiger partial charge >= 0.3 is 0 Å². The second-order valence-corrected chi connectivity index (χ2v) is 10.2. The second-order valence-electron chi connectivity index (χ2n) is 8.06. The van der Waals surface area contributed by atoms with E-state index in [9.17, 15) is 14.9 Å². The maximum Gasteiger partial charge on any atom is 0.269 e. The van der Waals surface area contributed by atoms with Gasteiger partial charge in [-0.05, 0) is 62.2 Å². The molecule has 3 aromatic carbocycles. The van der Waals surface area contributed by atoms with Crippen LogP contribution in [0.15, 0.2) is 87.9 Å². The van der Waals surface area contributed by atoms with E-state index in [0.717, 1.165) is 21.2 Å². The third kappa shape index (κ3) is 5.24. The van der Waals surface area contributed by atoms with Crippen molar-refractivity contribution in [2.24, 2.45) is 0 Å². The molecule has 1 aliphatic rings. The minimum atomic E-state index is -0.548. The molecule has 0 aliphatic carbocycles. The minimum absolute atomic E-state index is 0.0896. The average molecular weight is 532 g/mol.